The Bertz CT molecular complexity index is 948. The Balaban J connectivity index is 1.80. The molecule has 0 fully saturated rings. The monoisotopic (exact) mass is 331 g/mol. The number of pyridine rings is 1. The summed E-state index contributed by atoms with van der Waals surface area (Å²) >= 11 is 0. The summed E-state index contributed by atoms with van der Waals surface area (Å²) < 4.78 is 13.3. The summed E-state index contributed by atoms with van der Waals surface area (Å²) in [5, 5.41) is 9.47. The van der Waals surface area contributed by atoms with Crippen LogP contribution in [-0.2, 0) is 0 Å². The number of rotatable bonds is 3. The number of halogens is 1. The number of phenolic OH excluding ortho intramolecular Hbond substituents is 1. The van der Waals surface area contributed by atoms with Crippen molar-refractivity contribution in [3.05, 3.63) is 95.6 Å². The van der Waals surface area contributed by atoms with Crippen molar-refractivity contribution >= 4 is 11.4 Å². The van der Waals surface area contributed by atoms with E-state index < -0.39 is 6.17 Å². The topological polar surface area (TPSA) is 57.8 Å². The van der Waals surface area contributed by atoms with Gasteiger partial charge in [0.1, 0.15) is 11.6 Å². The third-order valence-electron chi connectivity index (χ3n) is 3.99. The molecule has 2 aromatic carbocycles. The lowest BCUT2D eigenvalue weighted by atomic mass is 10.0. The van der Waals surface area contributed by atoms with Crippen LogP contribution in [0.25, 0.3) is 0 Å². The Morgan fingerprint density at radius 3 is 1.88 bits per heavy atom. The van der Waals surface area contributed by atoms with Crippen LogP contribution in [0, 0.1) is 5.82 Å². The van der Waals surface area contributed by atoms with Gasteiger partial charge < -0.3 is 5.11 Å². The lowest BCUT2D eigenvalue weighted by Crippen LogP contribution is -2.14. The highest BCUT2D eigenvalue weighted by Gasteiger charge is 2.24. The molecule has 1 aliphatic heterocycles. The molecule has 2 heterocycles. The zero-order chi connectivity index (χ0) is 17.2. The van der Waals surface area contributed by atoms with Gasteiger partial charge in [0.2, 0.25) is 0 Å². The van der Waals surface area contributed by atoms with Crippen molar-refractivity contribution in [3.8, 4) is 5.75 Å². The molecule has 0 saturated carbocycles. The molecule has 5 heteroatoms. The molecule has 1 aliphatic rings. The highest BCUT2D eigenvalue weighted by molar-refractivity contribution is 6.54. The Morgan fingerprint density at radius 1 is 0.720 bits per heavy atom. The van der Waals surface area contributed by atoms with Crippen molar-refractivity contribution in [1.82, 2.24) is 4.98 Å². The minimum absolute atomic E-state index is 0.197. The first-order chi connectivity index (χ1) is 12.2. The van der Waals surface area contributed by atoms with Crippen LogP contribution in [0.4, 0.5) is 4.39 Å². The van der Waals surface area contributed by atoms with E-state index in [4.69, 9.17) is 9.98 Å². The maximum Gasteiger partial charge on any atom is 0.166 e. The average molecular weight is 331 g/mol. The van der Waals surface area contributed by atoms with Gasteiger partial charge in [-0.2, -0.15) is 0 Å². The fourth-order valence-electron chi connectivity index (χ4n) is 2.73. The third kappa shape index (κ3) is 3.04. The van der Waals surface area contributed by atoms with Gasteiger partial charge in [-0.1, -0.05) is 12.1 Å². The number of hydrogen-bond donors (Lipinski definition) is 1. The standard InChI is InChI=1S/C20H14FN3O/c21-16-5-1-13(2-6-16)18-19(14-9-11-22-12-10-14)24-20(23-18)15-3-7-17(25)8-4-15/h1-12,20,25H/t20-/m1/s1. The number of aromatic nitrogens is 1. The van der Waals surface area contributed by atoms with Gasteiger partial charge in [0.05, 0.1) is 11.4 Å². The maximum absolute atomic E-state index is 13.3. The quantitative estimate of drug-likeness (QED) is 0.791. The van der Waals surface area contributed by atoms with Crippen LogP contribution < -0.4 is 0 Å². The Morgan fingerprint density at radius 2 is 1.28 bits per heavy atom. The second-order valence-corrected chi connectivity index (χ2v) is 5.66. The molecule has 0 unspecified atom stereocenters. The number of nitrogens with zero attached hydrogens (tertiary/aromatic N) is 3. The van der Waals surface area contributed by atoms with E-state index in [1.165, 1.54) is 12.1 Å². The van der Waals surface area contributed by atoms with E-state index in [1.807, 2.05) is 12.1 Å². The van der Waals surface area contributed by atoms with Crippen LogP contribution in [-0.4, -0.2) is 21.5 Å². The molecule has 1 aromatic heterocycles. The van der Waals surface area contributed by atoms with Crippen molar-refractivity contribution in [2.45, 2.75) is 6.17 Å². The highest BCUT2D eigenvalue weighted by atomic mass is 19.1. The van der Waals surface area contributed by atoms with E-state index in [1.54, 1.807) is 48.8 Å². The number of aromatic hydroxyl groups is 1. The van der Waals surface area contributed by atoms with Gasteiger partial charge in [-0.05, 0) is 54.1 Å². The molecule has 0 saturated heterocycles. The van der Waals surface area contributed by atoms with Gasteiger partial charge in [-0.3, -0.25) is 15.0 Å². The van der Waals surface area contributed by atoms with Crippen molar-refractivity contribution in [1.29, 1.82) is 0 Å². The normalized spacial score (nSPS) is 16.4. The fourth-order valence-corrected chi connectivity index (χ4v) is 2.73. The molecule has 122 valence electrons. The van der Waals surface area contributed by atoms with Crippen LogP contribution in [0.2, 0.25) is 0 Å². The summed E-state index contributed by atoms with van der Waals surface area (Å²) in [6, 6.07) is 16.8. The lowest BCUT2D eigenvalue weighted by Gasteiger charge is -2.05. The fraction of sp³-hybridized carbons (Fsp3) is 0.0500. The molecule has 0 radical (unpaired) electrons. The first kappa shape index (κ1) is 15.2. The molecule has 3 aromatic rings. The molecule has 4 rings (SSSR count). The van der Waals surface area contributed by atoms with Crippen LogP contribution in [0.15, 0.2) is 83.0 Å². The van der Waals surface area contributed by atoms with E-state index in [9.17, 15) is 9.50 Å². The Kier molecular flexibility index (Phi) is 3.82. The summed E-state index contributed by atoms with van der Waals surface area (Å²) in [7, 11) is 0. The SMILES string of the molecule is Oc1ccc([C@H]2N=C(c3ccncc3)C(c3ccc(F)cc3)=N2)cc1. The maximum atomic E-state index is 13.3. The van der Waals surface area contributed by atoms with E-state index in [-0.39, 0.29) is 11.6 Å². The predicted molar refractivity (Wildman–Crippen MR) is 94.6 cm³/mol. The van der Waals surface area contributed by atoms with Crippen LogP contribution >= 0.6 is 0 Å². The summed E-state index contributed by atoms with van der Waals surface area (Å²) in [4.78, 5) is 13.5. The molecular weight excluding hydrogens is 317 g/mol. The zero-order valence-corrected chi connectivity index (χ0v) is 13.2. The second kappa shape index (κ2) is 6.28. The van der Waals surface area contributed by atoms with Gasteiger partial charge in [-0.25, -0.2) is 4.39 Å². The molecule has 25 heavy (non-hydrogen) atoms. The van der Waals surface area contributed by atoms with Crippen molar-refractivity contribution in [2.24, 2.45) is 9.98 Å². The molecule has 0 bridgehead atoms. The van der Waals surface area contributed by atoms with Gasteiger partial charge >= 0.3 is 0 Å². The minimum Gasteiger partial charge on any atom is -0.508 e. The molecular formula is C20H14FN3O. The molecule has 0 amide bonds. The Hall–Kier alpha value is -3.34. The van der Waals surface area contributed by atoms with Gasteiger partial charge in [0.25, 0.3) is 0 Å². The van der Waals surface area contributed by atoms with Crippen LogP contribution in [0.5, 0.6) is 5.75 Å². The van der Waals surface area contributed by atoms with E-state index >= 15 is 0 Å². The van der Waals surface area contributed by atoms with E-state index in [0.29, 0.717) is 5.71 Å². The summed E-state index contributed by atoms with van der Waals surface area (Å²) in [6.45, 7) is 0. The largest absolute Gasteiger partial charge is 0.508 e. The number of benzene rings is 2. The van der Waals surface area contributed by atoms with Crippen LogP contribution in [0.1, 0.15) is 22.9 Å². The first-order valence-electron chi connectivity index (χ1n) is 7.82. The van der Waals surface area contributed by atoms with E-state index in [0.717, 1.165) is 22.4 Å². The van der Waals surface area contributed by atoms with Crippen molar-refractivity contribution in [2.75, 3.05) is 0 Å². The number of phenols is 1. The van der Waals surface area contributed by atoms with Gasteiger partial charge in [0, 0.05) is 23.5 Å². The van der Waals surface area contributed by atoms with Crippen molar-refractivity contribution in [3.63, 3.8) is 0 Å². The van der Waals surface area contributed by atoms with Gasteiger partial charge in [0.15, 0.2) is 6.17 Å². The first-order valence-corrected chi connectivity index (χ1v) is 7.82. The van der Waals surface area contributed by atoms with E-state index in [2.05, 4.69) is 4.98 Å². The second-order valence-electron chi connectivity index (χ2n) is 5.66. The zero-order valence-electron chi connectivity index (χ0n) is 13.2. The molecule has 1 N–H and O–H groups in total. The molecule has 1 atom stereocenters. The molecule has 4 nitrogen and oxygen atoms in total. The Labute approximate surface area is 144 Å². The predicted octanol–water partition coefficient (Wildman–Crippen LogP) is 3.92. The molecule has 0 spiro atoms. The number of aliphatic imine (C=N–C) groups is 2. The van der Waals surface area contributed by atoms with Crippen LogP contribution in [0.3, 0.4) is 0 Å². The summed E-state index contributed by atoms with van der Waals surface area (Å²) in [5.41, 5.74) is 4.04. The lowest BCUT2D eigenvalue weighted by molar-refractivity contribution is 0.475. The smallest absolute Gasteiger partial charge is 0.166 e. The summed E-state index contributed by atoms with van der Waals surface area (Å²) in [5.74, 6) is -0.0948. The van der Waals surface area contributed by atoms with Crippen molar-refractivity contribution < 1.29 is 9.50 Å². The average Bonchev–Trinajstić information content (AvgIpc) is 3.09. The molecule has 0 aliphatic carbocycles. The summed E-state index contributed by atoms with van der Waals surface area (Å²) in [6.07, 6.45) is 3.01. The van der Waals surface area contributed by atoms with Gasteiger partial charge in [-0.15, -0.1) is 0 Å². The minimum atomic E-state index is -0.399. The number of hydrogen-bond acceptors (Lipinski definition) is 4. The highest BCUT2D eigenvalue weighted by Crippen LogP contribution is 2.29. The third-order valence-corrected chi connectivity index (χ3v) is 3.99.